The lowest BCUT2D eigenvalue weighted by Gasteiger charge is -2.03. The van der Waals surface area contributed by atoms with Crippen molar-refractivity contribution in [3.8, 4) is 6.07 Å². The van der Waals surface area contributed by atoms with Crippen LogP contribution in [0.5, 0.6) is 0 Å². The first kappa shape index (κ1) is 10.2. The number of furan rings is 1. The van der Waals surface area contributed by atoms with Crippen molar-refractivity contribution in [3.05, 3.63) is 48.2 Å². The molecule has 2 aromatic heterocycles. The molecule has 2 heterocycles. The van der Waals surface area contributed by atoms with E-state index in [0.29, 0.717) is 5.69 Å². The number of pyridine rings is 1. The molecule has 0 radical (unpaired) electrons. The molecule has 2 aromatic rings. The Morgan fingerprint density at radius 1 is 1.38 bits per heavy atom. The van der Waals surface area contributed by atoms with E-state index >= 15 is 0 Å². The Morgan fingerprint density at radius 3 is 2.94 bits per heavy atom. The van der Waals surface area contributed by atoms with Gasteiger partial charge in [-0.25, -0.2) is 4.98 Å². The highest BCUT2D eigenvalue weighted by Gasteiger charge is 1.96. The van der Waals surface area contributed by atoms with E-state index < -0.39 is 0 Å². The quantitative estimate of drug-likeness (QED) is 0.845. The molecule has 4 nitrogen and oxygen atoms in total. The van der Waals surface area contributed by atoms with Crippen LogP contribution in [0.1, 0.15) is 11.5 Å². The molecule has 0 aliphatic heterocycles. The SMILES string of the molecule is N#Cc1ccc(NCCc2ccco2)cn1. The lowest BCUT2D eigenvalue weighted by molar-refractivity contribution is 0.513. The van der Waals surface area contributed by atoms with Crippen molar-refractivity contribution in [1.29, 1.82) is 5.26 Å². The maximum Gasteiger partial charge on any atom is 0.140 e. The van der Waals surface area contributed by atoms with E-state index in [-0.39, 0.29) is 0 Å². The Bertz CT molecular complexity index is 468. The van der Waals surface area contributed by atoms with Gasteiger partial charge in [0.15, 0.2) is 0 Å². The molecular formula is C12H11N3O. The van der Waals surface area contributed by atoms with Crippen molar-refractivity contribution in [2.75, 3.05) is 11.9 Å². The van der Waals surface area contributed by atoms with E-state index in [1.54, 1.807) is 18.5 Å². The predicted molar refractivity (Wildman–Crippen MR) is 59.9 cm³/mol. The first-order valence-corrected chi connectivity index (χ1v) is 5.01. The van der Waals surface area contributed by atoms with E-state index in [0.717, 1.165) is 24.4 Å². The summed E-state index contributed by atoms with van der Waals surface area (Å²) in [5.74, 6) is 0.953. The number of hydrogen-bond acceptors (Lipinski definition) is 4. The molecule has 0 aliphatic rings. The summed E-state index contributed by atoms with van der Waals surface area (Å²) < 4.78 is 5.21. The van der Waals surface area contributed by atoms with Crippen molar-refractivity contribution in [2.24, 2.45) is 0 Å². The van der Waals surface area contributed by atoms with Crippen molar-refractivity contribution < 1.29 is 4.42 Å². The summed E-state index contributed by atoms with van der Waals surface area (Å²) in [5.41, 5.74) is 1.34. The molecule has 0 unspecified atom stereocenters. The minimum atomic E-state index is 0.427. The van der Waals surface area contributed by atoms with Gasteiger partial charge >= 0.3 is 0 Å². The fourth-order valence-corrected chi connectivity index (χ4v) is 1.35. The largest absolute Gasteiger partial charge is 0.469 e. The summed E-state index contributed by atoms with van der Waals surface area (Å²) in [6.45, 7) is 0.779. The topological polar surface area (TPSA) is 61.9 Å². The van der Waals surface area contributed by atoms with Crippen LogP contribution in [-0.2, 0) is 6.42 Å². The number of rotatable bonds is 4. The minimum Gasteiger partial charge on any atom is -0.469 e. The van der Waals surface area contributed by atoms with Crippen molar-refractivity contribution >= 4 is 5.69 Å². The zero-order valence-corrected chi connectivity index (χ0v) is 8.68. The molecule has 0 amide bonds. The fraction of sp³-hybridized carbons (Fsp3) is 0.167. The van der Waals surface area contributed by atoms with Gasteiger partial charge in [0.2, 0.25) is 0 Å². The van der Waals surface area contributed by atoms with E-state index in [9.17, 15) is 0 Å². The van der Waals surface area contributed by atoms with Gasteiger partial charge in [-0.2, -0.15) is 5.26 Å². The number of nitrogens with zero attached hydrogens (tertiary/aromatic N) is 2. The van der Waals surface area contributed by atoms with Crippen LogP contribution in [0.3, 0.4) is 0 Å². The van der Waals surface area contributed by atoms with Gasteiger partial charge < -0.3 is 9.73 Å². The van der Waals surface area contributed by atoms with Gasteiger partial charge in [0.1, 0.15) is 17.5 Å². The van der Waals surface area contributed by atoms with Crippen LogP contribution in [0.4, 0.5) is 5.69 Å². The van der Waals surface area contributed by atoms with Crippen LogP contribution in [0.2, 0.25) is 0 Å². The van der Waals surface area contributed by atoms with E-state index in [1.165, 1.54) is 0 Å². The van der Waals surface area contributed by atoms with Crippen LogP contribution in [0.25, 0.3) is 0 Å². The summed E-state index contributed by atoms with van der Waals surface area (Å²) >= 11 is 0. The third kappa shape index (κ3) is 2.61. The average molecular weight is 213 g/mol. The monoisotopic (exact) mass is 213 g/mol. The highest BCUT2D eigenvalue weighted by molar-refractivity contribution is 5.42. The molecule has 4 heteroatoms. The normalized spacial score (nSPS) is 9.69. The van der Waals surface area contributed by atoms with Gasteiger partial charge in [0, 0.05) is 13.0 Å². The summed E-state index contributed by atoms with van der Waals surface area (Å²) in [4.78, 5) is 3.97. The number of anilines is 1. The molecule has 80 valence electrons. The molecule has 0 saturated heterocycles. The maximum atomic E-state index is 8.58. The molecular weight excluding hydrogens is 202 g/mol. The number of hydrogen-bond donors (Lipinski definition) is 1. The van der Waals surface area contributed by atoms with Crippen molar-refractivity contribution in [1.82, 2.24) is 4.98 Å². The fourth-order valence-electron chi connectivity index (χ4n) is 1.35. The van der Waals surface area contributed by atoms with Gasteiger partial charge in [-0.3, -0.25) is 0 Å². The summed E-state index contributed by atoms with van der Waals surface area (Å²) in [7, 11) is 0. The van der Waals surface area contributed by atoms with Gasteiger partial charge in [0.05, 0.1) is 18.1 Å². The second-order valence-electron chi connectivity index (χ2n) is 3.30. The third-order valence-corrected chi connectivity index (χ3v) is 2.16. The van der Waals surface area contributed by atoms with Crippen LogP contribution >= 0.6 is 0 Å². The molecule has 16 heavy (non-hydrogen) atoms. The molecule has 0 aromatic carbocycles. The van der Waals surface area contributed by atoms with Crippen LogP contribution in [0, 0.1) is 11.3 Å². The second kappa shape index (κ2) is 4.99. The smallest absolute Gasteiger partial charge is 0.140 e. The Labute approximate surface area is 93.5 Å². The third-order valence-electron chi connectivity index (χ3n) is 2.16. The Kier molecular flexibility index (Phi) is 3.19. The van der Waals surface area contributed by atoms with E-state index in [2.05, 4.69) is 10.3 Å². The molecule has 0 bridgehead atoms. The van der Waals surface area contributed by atoms with E-state index in [1.807, 2.05) is 24.3 Å². The molecule has 1 N–H and O–H groups in total. The molecule has 0 aliphatic carbocycles. The molecule has 0 atom stereocenters. The molecule has 0 spiro atoms. The van der Waals surface area contributed by atoms with Crippen molar-refractivity contribution in [3.63, 3.8) is 0 Å². The standard InChI is InChI=1S/C12H11N3O/c13-8-10-3-4-11(9-15-10)14-6-5-12-2-1-7-16-12/h1-4,7,9,14H,5-6H2. The van der Waals surface area contributed by atoms with Crippen LogP contribution in [-0.4, -0.2) is 11.5 Å². The highest BCUT2D eigenvalue weighted by atomic mass is 16.3. The zero-order chi connectivity index (χ0) is 11.2. The Balaban J connectivity index is 1.83. The lowest BCUT2D eigenvalue weighted by atomic mass is 10.3. The number of nitrogens with one attached hydrogen (secondary N) is 1. The molecule has 0 fully saturated rings. The maximum absolute atomic E-state index is 8.58. The Hall–Kier alpha value is -2.28. The minimum absolute atomic E-state index is 0.427. The average Bonchev–Trinajstić information content (AvgIpc) is 2.83. The number of nitriles is 1. The molecule has 0 saturated carbocycles. The van der Waals surface area contributed by atoms with Crippen LogP contribution < -0.4 is 5.32 Å². The predicted octanol–water partition coefficient (Wildman–Crippen LogP) is 2.20. The summed E-state index contributed by atoms with van der Waals surface area (Å²) in [6, 6.07) is 9.33. The van der Waals surface area contributed by atoms with Crippen molar-refractivity contribution in [2.45, 2.75) is 6.42 Å². The highest BCUT2D eigenvalue weighted by Crippen LogP contribution is 2.06. The number of aromatic nitrogens is 1. The van der Waals surface area contributed by atoms with Gasteiger partial charge in [-0.05, 0) is 24.3 Å². The zero-order valence-electron chi connectivity index (χ0n) is 8.68. The second-order valence-corrected chi connectivity index (χ2v) is 3.30. The summed E-state index contributed by atoms with van der Waals surface area (Å²) in [5, 5.41) is 11.8. The van der Waals surface area contributed by atoms with Gasteiger partial charge in [0.25, 0.3) is 0 Å². The lowest BCUT2D eigenvalue weighted by Crippen LogP contribution is -2.04. The Morgan fingerprint density at radius 2 is 2.31 bits per heavy atom. The molecule has 2 rings (SSSR count). The first-order chi connectivity index (χ1) is 7.88. The van der Waals surface area contributed by atoms with E-state index in [4.69, 9.17) is 9.68 Å². The van der Waals surface area contributed by atoms with Gasteiger partial charge in [-0.1, -0.05) is 0 Å². The summed E-state index contributed by atoms with van der Waals surface area (Å²) in [6.07, 6.45) is 4.15. The first-order valence-electron chi connectivity index (χ1n) is 5.01. The van der Waals surface area contributed by atoms with Crippen LogP contribution in [0.15, 0.2) is 41.1 Å². The van der Waals surface area contributed by atoms with Gasteiger partial charge in [-0.15, -0.1) is 0 Å².